The highest BCUT2D eigenvalue weighted by Crippen LogP contribution is 2.58. The van der Waals surface area contributed by atoms with Gasteiger partial charge in [0.15, 0.2) is 0 Å². The first-order valence-electron chi connectivity index (χ1n) is 12.8. The third kappa shape index (κ3) is 5.87. The van der Waals surface area contributed by atoms with E-state index in [0.29, 0.717) is 6.16 Å². The van der Waals surface area contributed by atoms with Crippen LogP contribution in [0.15, 0.2) is 109 Å². The molecule has 0 heterocycles. The van der Waals surface area contributed by atoms with E-state index < -0.39 is 24.6 Å². The van der Waals surface area contributed by atoms with Gasteiger partial charge in [0.1, 0.15) is 34.5 Å². The number of esters is 2. The van der Waals surface area contributed by atoms with Crippen LogP contribution >= 0.6 is 7.26 Å². The fourth-order valence-electron chi connectivity index (χ4n) is 4.43. The van der Waals surface area contributed by atoms with Gasteiger partial charge >= 0.3 is 11.9 Å². The minimum atomic E-state index is -2.17. The van der Waals surface area contributed by atoms with Gasteiger partial charge < -0.3 is 9.47 Å². The lowest BCUT2D eigenvalue weighted by atomic mass is 9.97. The zero-order chi connectivity index (χ0) is 27.2. The standard InChI is InChI=1S/C33H34O4P/c1-5-36-31(34)29-23-25(21-22-30(29)37-32(35)33(2,3)4)24-38(26-15-9-6-10-16-26,27-17-11-7-12-18-27)28-19-13-8-14-20-28/h6-23H,5,24H2,1-4H3/q+1. The van der Waals surface area contributed by atoms with E-state index in [4.69, 9.17) is 9.47 Å². The van der Waals surface area contributed by atoms with Gasteiger partial charge in [-0.1, -0.05) is 60.7 Å². The largest absolute Gasteiger partial charge is 0.462 e. The van der Waals surface area contributed by atoms with Gasteiger partial charge in [0.25, 0.3) is 0 Å². The molecule has 0 saturated heterocycles. The lowest BCUT2D eigenvalue weighted by Crippen LogP contribution is -2.32. The number of benzene rings is 4. The number of carbonyl (C=O) groups excluding carboxylic acids is 2. The summed E-state index contributed by atoms with van der Waals surface area (Å²) < 4.78 is 11.0. The molecule has 0 N–H and O–H groups in total. The molecule has 0 saturated carbocycles. The Morgan fingerprint density at radius 1 is 0.711 bits per heavy atom. The maximum atomic E-state index is 13.0. The van der Waals surface area contributed by atoms with Crippen LogP contribution in [0, 0.1) is 5.41 Å². The Bertz CT molecular complexity index is 1280. The van der Waals surface area contributed by atoms with E-state index in [1.54, 1.807) is 33.8 Å². The maximum Gasteiger partial charge on any atom is 0.341 e. The average molecular weight is 526 g/mol. The van der Waals surface area contributed by atoms with Crippen LogP contribution in [0.4, 0.5) is 0 Å². The van der Waals surface area contributed by atoms with Crippen molar-refractivity contribution in [2.75, 3.05) is 6.61 Å². The third-order valence-electron chi connectivity index (χ3n) is 6.36. The van der Waals surface area contributed by atoms with Gasteiger partial charge in [-0.2, -0.15) is 0 Å². The topological polar surface area (TPSA) is 52.6 Å². The molecule has 0 atom stereocenters. The average Bonchev–Trinajstić information content (AvgIpc) is 2.93. The third-order valence-corrected chi connectivity index (χ3v) is 10.7. The second kappa shape index (κ2) is 11.8. The summed E-state index contributed by atoms with van der Waals surface area (Å²) in [5.74, 6) is -0.695. The zero-order valence-corrected chi connectivity index (χ0v) is 23.3. The van der Waals surface area contributed by atoms with E-state index in [-0.39, 0.29) is 17.9 Å². The fraction of sp³-hybridized carbons (Fsp3) is 0.212. The van der Waals surface area contributed by atoms with Gasteiger partial charge in [0.2, 0.25) is 0 Å². The number of ether oxygens (including phenoxy) is 2. The van der Waals surface area contributed by atoms with E-state index in [0.717, 1.165) is 5.56 Å². The van der Waals surface area contributed by atoms with Crippen LogP contribution in [-0.4, -0.2) is 18.5 Å². The molecule has 0 spiro atoms. The molecule has 0 aliphatic rings. The smallest absolute Gasteiger partial charge is 0.341 e. The van der Waals surface area contributed by atoms with Crippen molar-refractivity contribution in [1.29, 1.82) is 0 Å². The summed E-state index contributed by atoms with van der Waals surface area (Å²) in [7, 11) is -2.17. The molecule has 0 bridgehead atoms. The van der Waals surface area contributed by atoms with E-state index in [1.165, 1.54) is 15.9 Å². The fourth-order valence-corrected chi connectivity index (χ4v) is 8.66. The molecule has 4 nitrogen and oxygen atoms in total. The normalized spacial score (nSPS) is 11.6. The van der Waals surface area contributed by atoms with Gasteiger partial charge in [-0.05, 0) is 81.8 Å². The van der Waals surface area contributed by atoms with Gasteiger partial charge in [0, 0.05) is 0 Å². The van der Waals surface area contributed by atoms with E-state index in [9.17, 15) is 9.59 Å². The first-order chi connectivity index (χ1) is 18.3. The Morgan fingerprint density at radius 2 is 1.18 bits per heavy atom. The van der Waals surface area contributed by atoms with Crippen LogP contribution in [0.5, 0.6) is 5.75 Å². The number of rotatable bonds is 8. The van der Waals surface area contributed by atoms with Gasteiger partial charge in [-0.25, -0.2) is 4.79 Å². The van der Waals surface area contributed by atoms with Crippen molar-refractivity contribution >= 4 is 35.1 Å². The summed E-state index contributed by atoms with van der Waals surface area (Å²) >= 11 is 0. The second-order valence-corrected chi connectivity index (χ2v) is 13.6. The molecule has 0 aromatic heterocycles. The quantitative estimate of drug-likeness (QED) is 0.154. The molecule has 0 amide bonds. The minimum Gasteiger partial charge on any atom is -0.462 e. The molecule has 0 aliphatic carbocycles. The highest BCUT2D eigenvalue weighted by molar-refractivity contribution is 7.95. The van der Waals surface area contributed by atoms with Crippen LogP contribution in [0.1, 0.15) is 43.6 Å². The molecule has 0 aliphatic heterocycles. The Morgan fingerprint density at radius 3 is 1.61 bits per heavy atom. The van der Waals surface area contributed by atoms with Crippen LogP contribution in [-0.2, 0) is 15.7 Å². The summed E-state index contributed by atoms with van der Waals surface area (Å²) in [6.45, 7) is 7.34. The number of hydrogen-bond acceptors (Lipinski definition) is 4. The van der Waals surface area contributed by atoms with Crippen molar-refractivity contribution in [2.24, 2.45) is 5.41 Å². The molecule has 0 radical (unpaired) electrons. The molecule has 38 heavy (non-hydrogen) atoms. The van der Waals surface area contributed by atoms with Crippen LogP contribution in [0.2, 0.25) is 0 Å². The van der Waals surface area contributed by atoms with Crippen molar-refractivity contribution in [3.05, 3.63) is 120 Å². The van der Waals surface area contributed by atoms with Crippen LogP contribution in [0.3, 0.4) is 0 Å². The Labute approximate surface area is 226 Å². The van der Waals surface area contributed by atoms with E-state index >= 15 is 0 Å². The summed E-state index contributed by atoms with van der Waals surface area (Å²) in [6.07, 6.45) is 0.685. The highest BCUT2D eigenvalue weighted by Gasteiger charge is 2.45. The summed E-state index contributed by atoms with van der Waals surface area (Å²) in [5.41, 5.74) is 0.516. The van der Waals surface area contributed by atoms with Gasteiger partial charge in [0.05, 0.1) is 18.2 Å². The lowest BCUT2D eigenvalue weighted by Gasteiger charge is -2.28. The van der Waals surface area contributed by atoms with Crippen molar-refractivity contribution in [3.8, 4) is 5.75 Å². The molecular formula is C33H34O4P+. The molecule has 4 aromatic carbocycles. The van der Waals surface area contributed by atoms with Crippen molar-refractivity contribution < 1.29 is 19.1 Å². The van der Waals surface area contributed by atoms with Crippen molar-refractivity contribution in [3.63, 3.8) is 0 Å². The van der Waals surface area contributed by atoms with Crippen molar-refractivity contribution in [2.45, 2.75) is 33.9 Å². The second-order valence-electron chi connectivity index (χ2n) is 10.2. The zero-order valence-electron chi connectivity index (χ0n) is 22.4. The monoisotopic (exact) mass is 525 g/mol. The summed E-state index contributed by atoms with van der Waals surface area (Å²) in [5, 5.41) is 3.75. The van der Waals surface area contributed by atoms with Crippen molar-refractivity contribution in [1.82, 2.24) is 0 Å². The Kier molecular flexibility index (Phi) is 8.44. The first kappa shape index (κ1) is 27.3. The van der Waals surface area contributed by atoms with Crippen LogP contribution in [0.25, 0.3) is 0 Å². The van der Waals surface area contributed by atoms with E-state index in [1.807, 2.05) is 30.3 Å². The molecule has 0 fully saturated rings. The molecule has 194 valence electrons. The molecule has 4 aromatic rings. The Hall–Kier alpha value is -3.75. The van der Waals surface area contributed by atoms with E-state index in [2.05, 4.69) is 72.8 Å². The lowest BCUT2D eigenvalue weighted by molar-refractivity contribution is -0.143. The number of carbonyl (C=O) groups is 2. The maximum absolute atomic E-state index is 13.0. The molecule has 0 unspecified atom stereocenters. The number of hydrogen-bond donors (Lipinski definition) is 0. The highest BCUT2D eigenvalue weighted by atomic mass is 31.2. The molecule has 5 heteroatoms. The Balaban J connectivity index is 1.89. The van der Waals surface area contributed by atoms with Gasteiger partial charge in [-0.3, -0.25) is 4.79 Å². The predicted molar refractivity (Wildman–Crippen MR) is 156 cm³/mol. The van der Waals surface area contributed by atoms with Gasteiger partial charge in [-0.15, -0.1) is 0 Å². The SMILES string of the molecule is CCOC(=O)c1cc(C[P+](c2ccccc2)(c2ccccc2)c2ccccc2)ccc1OC(=O)C(C)(C)C. The predicted octanol–water partition coefficient (Wildman–Crippen LogP) is 6.31. The molecular weight excluding hydrogens is 491 g/mol. The van der Waals surface area contributed by atoms with Crippen LogP contribution < -0.4 is 20.7 Å². The molecule has 4 rings (SSSR count). The minimum absolute atomic E-state index is 0.218. The summed E-state index contributed by atoms with van der Waals surface area (Å²) in [4.78, 5) is 25.7. The summed E-state index contributed by atoms with van der Waals surface area (Å²) in [6, 6.07) is 37.2. The first-order valence-corrected chi connectivity index (χ1v) is 14.8.